The maximum absolute atomic E-state index is 13.4. The molecule has 0 fully saturated rings. The quantitative estimate of drug-likeness (QED) is 0.0271. The lowest BCUT2D eigenvalue weighted by Crippen LogP contribution is -2.58. The second kappa shape index (κ2) is 24.0. The van der Waals surface area contributed by atoms with Crippen LogP contribution in [-0.4, -0.2) is 126 Å². The molecule has 1 aromatic carbocycles. The number of amides is 6. The van der Waals surface area contributed by atoms with Gasteiger partial charge in [0.15, 0.2) is 11.7 Å². The Balaban J connectivity index is 2.86. The van der Waals surface area contributed by atoms with E-state index in [9.17, 15) is 48.9 Å². The molecule has 0 aliphatic heterocycles. The molecule has 6 amide bonds. The molecular weight excluding hydrogens is 696 g/mol. The molecule has 53 heavy (non-hydrogen) atoms. The number of Topliss-reactive ketones (excluding diaryl/α,β-unsaturated/α-hetero) is 1. The summed E-state index contributed by atoms with van der Waals surface area (Å²) in [5.41, 5.74) is 11.4. The van der Waals surface area contributed by atoms with Crippen LogP contribution in [0.15, 0.2) is 24.3 Å². The van der Waals surface area contributed by atoms with Crippen molar-refractivity contribution in [3.8, 4) is 5.75 Å². The Kier molecular flexibility index (Phi) is 20.7. The summed E-state index contributed by atoms with van der Waals surface area (Å²) < 4.78 is 0. The molecule has 5 atom stereocenters. The number of guanidine groups is 1. The summed E-state index contributed by atoms with van der Waals surface area (Å²) in [7, 11) is 0. The fourth-order valence-corrected chi connectivity index (χ4v) is 4.75. The summed E-state index contributed by atoms with van der Waals surface area (Å²) in [5, 5.41) is 53.1. The van der Waals surface area contributed by atoms with Gasteiger partial charge in [0.2, 0.25) is 35.4 Å². The van der Waals surface area contributed by atoms with Gasteiger partial charge in [-0.1, -0.05) is 32.9 Å². The van der Waals surface area contributed by atoms with Crippen molar-refractivity contribution in [1.82, 2.24) is 37.2 Å². The first kappa shape index (κ1) is 45.7. The summed E-state index contributed by atoms with van der Waals surface area (Å²) in [4.78, 5) is 88.9. The fourth-order valence-electron chi connectivity index (χ4n) is 4.75. The lowest BCUT2D eigenvalue weighted by Gasteiger charge is -2.25. The molecule has 0 spiro atoms. The number of hydrogen-bond acceptors (Lipinski definition) is 12. The molecule has 0 radical (unpaired) electrons. The van der Waals surface area contributed by atoms with Gasteiger partial charge in [0.1, 0.15) is 23.9 Å². The van der Waals surface area contributed by atoms with E-state index in [0.29, 0.717) is 24.9 Å². The van der Waals surface area contributed by atoms with Crippen molar-refractivity contribution in [3.05, 3.63) is 29.8 Å². The lowest BCUT2D eigenvalue weighted by atomic mass is 9.98. The van der Waals surface area contributed by atoms with E-state index < -0.39 is 92.0 Å². The van der Waals surface area contributed by atoms with Gasteiger partial charge in [-0.25, -0.2) is 0 Å². The molecule has 0 saturated heterocycles. The van der Waals surface area contributed by atoms with Crippen molar-refractivity contribution in [3.63, 3.8) is 0 Å². The number of carbonyl (C=O) groups excluding carboxylic acids is 7. The van der Waals surface area contributed by atoms with Crippen LogP contribution >= 0.6 is 0 Å². The number of hydrogen-bond donors (Lipinski definition) is 13. The summed E-state index contributed by atoms with van der Waals surface area (Å²) in [5.74, 6) is -5.48. The van der Waals surface area contributed by atoms with Crippen LogP contribution in [0.25, 0.3) is 0 Å². The van der Waals surface area contributed by atoms with Crippen molar-refractivity contribution in [2.24, 2.45) is 17.4 Å². The summed E-state index contributed by atoms with van der Waals surface area (Å²) in [6.45, 7) is 2.72. The number of carbonyl (C=O) groups is 7. The number of aromatic hydroxyl groups is 1. The number of aliphatic hydroxyl groups excluding tert-OH is 2. The van der Waals surface area contributed by atoms with E-state index >= 15 is 0 Å². The van der Waals surface area contributed by atoms with Crippen LogP contribution in [0.1, 0.15) is 52.0 Å². The van der Waals surface area contributed by atoms with Gasteiger partial charge >= 0.3 is 0 Å². The largest absolute Gasteiger partial charge is 0.508 e. The first-order chi connectivity index (χ1) is 25.0. The Hall–Kier alpha value is -5.34. The van der Waals surface area contributed by atoms with E-state index in [0.717, 1.165) is 0 Å². The van der Waals surface area contributed by atoms with E-state index in [1.165, 1.54) is 24.3 Å². The molecule has 0 bridgehead atoms. The van der Waals surface area contributed by atoms with Gasteiger partial charge in [0.25, 0.3) is 0 Å². The minimum atomic E-state index is -1.52. The highest BCUT2D eigenvalue weighted by Crippen LogP contribution is 2.12. The highest BCUT2D eigenvalue weighted by molar-refractivity contribution is 5.96. The van der Waals surface area contributed by atoms with Gasteiger partial charge in [0, 0.05) is 19.4 Å². The third kappa shape index (κ3) is 18.1. The molecule has 1 rings (SSSR count). The number of nitrogens with two attached hydrogens (primary N) is 2. The van der Waals surface area contributed by atoms with Crippen LogP contribution < -0.4 is 48.7 Å². The Morgan fingerprint density at radius 1 is 0.736 bits per heavy atom. The first-order valence-corrected chi connectivity index (χ1v) is 17.1. The molecule has 15 N–H and O–H groups in total. The fraction of sp³-hybridized carbons (Fsp3) is 0.576. The Morgan fingerprint density at radius 3 is 1.77 bits per heavy atom. The Morgan fingerprint density at radius 2 is 1.25 bits per heavy atom. The zero-order chi connectivity index (χ0) is 40.1. The van der Waals surface area contributed by atoms with E-state index in [-0.39, 0.29) is 42.7 Å². The summed E-state index contributed by atoms with van der Waals surface area (Å²) in [6, 6.07) is -0.456. The van der Waals surface area contributed by atoms with Crippen molar-refractivity contribution in [1.29, 1.82) is 5.41 Å². The van der Waals surface area contributed by atoms with Crippen molar-refractivity contribution in [2.45, 2.75) is 83.1 Å². The molecule has 0 heterocycles. The van der Waals surface area contributed by atoms with Crippen molar-refractivity contribution in [2.75, 3.05) is 32.8 Å². The van der Waals surface area contributed by atoms with Gasteiger partial charge in [0.05, 0.1) is 38.4 Å². The maximum atomic E-state index is 13.4. The van der Waals surface area contributed by atoms with E-state index in [1.807, 2.05) is 13.8 Å². The van der Waals surface area contributed by atoms with Crippen LogP contribution in [0, 0.1) is 11.3 Å². The standard InChI is InChI=1S/C33H54N10O10/c1-4-26(47)22(12-18(2)3)42-32(53)25(17-45)43-31(52)23(13-19-7-9-20(46)10-8-19)40-27(48)15-39-30(51)24(16-44)41-28(49)14-38-29(50)21(34)6-5-11-37-33(35)36/h7-10,18,21-25,44-46H,4-6,11-17,34H2,1-3H3,(H,38,50)(H,39,51)(H,40,48)(H,41,49)(H,42,53)(H,43,52)(H4,35,36,37)/t21-,22-,23-,24-,25-/m1/s1. The zero-order valence-corrected chi connectivity index (χ0v) is 30.2. The maximum Gasteiger partial charge on any atom is 0.245 e. The van der Waals surface area contributed by atoms with Crippen LogP contribution in [0.5, 0.6) is 5.75 Å². The van der Waals surface area contributed by atoms with E-state index in [2.05, 4.69) is 37.2 Å². The predicted octanol–water partition coefficient (Wildman–Crippen LogP) is -4.29. The highest BCUT2D eigenvalue weighted by Gasteiger charge is 2.30. The number of nitrogens with one attached hydrogen (secondary N) is 8. The number of phenolic OH excluding ortho intramolecular Hbond substituents is 1. The van der Waals surface area contributed by atoms with Gasteiger partial charge in [-0.3, -0.25) is 39.0 Å². The highest BCUT2D eigenvalue weighted by atomic mass is 16.3. The van der Waals surface area contributed by atoms with E-state index in [1.54, 1.807) is 6.92 Å². The number of rotatable bonds is 24. The Bertz CT molecular complexity index is 1410. The van der Waals surface area contributed by atoms with Crippen LogP contribution in [0.4, 0.5) is 0 Å². The summed E-state index contributed by atoms with van der Waals surface area (Å²) >= 11 is 0. The molecule has 20 heteroatoms. The third-order valence-corrected chi connectivity index (χ3v) is 7.63. The number of benzene rings is 1. The molecule has 0 aliphatic carbocycles. The summed E-state index contributed by atoms with van der Waals surface area (Å²) in [6.07, 6.45) is 1.01. The molecule has 0 saturated carbocycles. The first-order valence-electron chi connectivity index (χ1n) is 17.1. The SMILES string of the molecule is CCC(=O)[C@@H](CC(C)C)NC(=O)[C@@H](CO)NC(=O)[C@@H](Cc1ccc(O)cc1)NC(=O)CNC(=O)[C@@H](CO)NC(=O)CNC(=O)[C@H](N)CCCNC(=N)N. The van der Waals surface area contributed by atoms with Gasteiger partial charge < -0.3 is 64.0 Å². The molecule has 0 aliphatic rings. The molecule has 0 unspecified atom stereocenters. The number of phenols is 1. The minimum Gasteiger partial charge on any atom is -0.508 e. The molecule has 20 nitrogen and oxygen atoms in total. The van der Waals surface area contributed by atoms with Crippen LogP contribution in [-0.2, 0) is 40.0 Å². The molecular formula is C33H54N10O10. The van der Waals surface area contributed by atoms with Crippen molar-refractivity contribution >= 4 is 47.2 Å². The third-order valence-electron chi connectivity index (χ3n) is 7.63. The number of ketones is 1. The molecule has 1 aromatic rings. The second-order valence-corrected chi connectivity index (χ2v) is 12.6. The van der Waals surface area contributed by atoms with Crippen LogP contribution in [0.2, 0.25) is 0 Å². The minimum absolute atomic E-state index is 0.0530. The zero-order valence-electron chi connectivity index (χ0n) is 30.2. The lowest BCUT2D eigenvalue weighted by molar-refractivity contribution is -0.134. The second-order valence-electron chi connectivity index (χ2n) is 12.6. The molecule has 0 aromatic heterocycles. The number of aliphatic hydroxyl groups is 2. The topological polar surface area (TPSA) is 340 Å². The average molecular weight is 751 g/mol. The van der Waals surface area contributed by atoms with Crippen LogP contribution in [0.3, 0.4) is 0 Å². The van der Waals surface area contributed by atoms with Crippen molar-refractivity contribution < 1.29 is 48.9 Å². The average Bonchev–Trinajstić information content (AvgIpc) is 3.11. The monoisotopic (exact) mass is 750 g/mol. The predicted molar refractivity (Wildman–Crippen MR) is 192 cm³/mol. The van der Waals surface area contributed by atoms with E-state index in [4.69, 9.17) is 16.9 Å². The van der Waals surface area contributed by atoms with Gasteiger partial charge in [-0.15, -0.1) is 0 Å². The van der Waals surface area contributed by atoms with Gasteiger partial charge in [-0.05, 0) is 42.9 Å². The normalized spacial score (nSPS) is 13.6. The Labute approximate surface area is 307 Å². The smallest absolute Gasteiger partial charge is 0.245 e. The molecule has 296 valence electrons. The van der Waals surface area contributed by atoms with Gasteiger partial charge in [-0.2, -0.15) is 0 Å².